The highest BCUT2D eigenvalue weighted by molar-refractivity contribution is 5.81. The molecule has 0 saturated heterocycles. The zero-order valence-electron chi connectivity index (χ0n) is 12.8. The summed E-state index contributed by atoms with van der Waals surface area (Å²) in [6, 6.07) is 7.11. The lowest BCUT2D eigenvalue weighted by Crippen LogP contribution is -2.46. The van der Waals surface area contributed by atoms with Crippen LogP contribution in [0.3, 0.4) is 0 Å². The van der Waals surface area contributed by atoms with E-state index in [2.05, 4.69) is 5.43 Å². The summed E-state index contributed by atoms with van der Waals surface area (Å²) in [5.41, 5.74) is 3.14. The summed E-state index contributed by atoms with van der Waals surface area (Å²) < 4.78 is 5.07. The number of aliphatic hydroxyl groups is 1. The van der Waals surface area contributed by atoms with Gasteiger partial charge in [0.05, 0.1) is 13.0 Å². The number of benzene rings is 1. The first kappa shape index (κ1) is 17.0. The summed E-state index contributed by atoms with van der Waals surface area (Å²) in [7, 11) is 1.45. The molecule has 1 aromatic rings. The van der Waals surface area contributed by atoms with Gasteiger partial charge in [-0.15, -0.1) is 0 Å². The Kier molecular flexibility index (Phi) is 5.72. The lowest BCUT2D eigenvalue weighted by atomic mass is 10.1. The van der Waals surface area contributed by atoms with Gasteiger partial charge in [-0.25, -0.2) is 10.2 Å². The molecule has 6 nitrogen and oxygen atoms in total. The van der Waals surface area contributed by atoms with Gasteiger partial charge in [-0.3, -0.25) is 9.80 Å². The molecule has 0 spiro atoms. The van der Waals surface area contributed by atoms with E-state index in [0.717, 1.165) is 10.6 Å². The number of nitrogens with one attached hydrogen (secondary N) is 1. The quantitative estimate of drug-likeness (QED) is 0.830. The van der Waals surface area contributed by atoms with Crippen molar-refractivity contribution >= 4 is 12.0 Å². The third kappa shape index (κ3) is 5.83. The molecule has 6 heteroatoms. The number of hydrazine groups is 1. The van der Waals surface area contributed by atoms with Gasteiger partial charge in [0, 0.05) is 7.05 Å². The van der Waals surface area contributed by atoms with Gasteiger partial charge in [-0.05, 0) is 31.9 Å². The second kappa shape index (κ2) is 7.08. The minimum absolute atomic E-state index is 0.0863. The Bertz CT molecular complexity index is 509. The van der Waals surface area contributed by atoms with Crippen molar-refractivity contribution < 1.29 is 19.4 Å². The SMILES string of the molecule is CN(NC(=O)OC(C)(C)C)C(=O)Cc1ccccc1CO. The van der Waals surface area contributed by atoms with E-state index in [0.29, 0.717) is 5.56 Å². The summed E-state index contributed by atoms with van der Waals surface area (Å²) in [5, 5.41) is 10.3. The van der Waals surface area contributed by atoms with E-state index in [9.17, 15) is 14.7 Å². The first-order valence-electron chi connectivity index (χ1n) is 6.67. The normalized spacial score (nSPS) is 10.9. The van der Waals surface area contributed by atoms with Crippen molar-refractivity contribution in [1.82, 2.24) is 10.4 Å². The molecule has 1 rings (SSSR count). The number of hydrogen-bond donors (Lipinski definition) is 2. The number of ether oxygens (including phenoxy) is 1. The summed E-state index contributed by atoms with van der Waals surface area (Å²) in [6.45, 7) is 5.09. The van der Waals surface area contributed by atoms with Gasteiger partial charge in [-0.2, -0.15) is 0 Å². The van der Waals surface area contributed by atoms with Gasteiger partial charge < -0.3 is 9.84 Å². The number of likely N-dealkylation sites (N-methyl/N-ethyl adjacent to an activating group) is 1. The Morgan fingerprint density at radius 3 is 2.33 bits per heavy atom. The number of hydrogen-bond acceptors (Lipinski definition) is 4. The fourth-order valence-corrected chi connectivity index (χ4v) is 1.67. The maximum absolute atomic E-state index is 12.1. The van der Waals surface area contributed by atoms with E-state index in [1.54, 1.807) is 45.0 Å². The maximum atomic E-state index is 12.1. The highest BCUT2D eigenvalue weighted by Crippen LogP contribution is 2.10. The van der Waals surface area contributed by atoms with Crippen molar-refractivity contribution in [2.24, 2.45) is 0 Å². The van der Waals surface area contributed by atoms with Gasteiger partial charge >= 0.3 is 6.09 Å². The lowest BCUT2D eigenvalue weighted by Gasteiger charge is -2.23. The van der Waals surface area contributed by atoms with E-state index in [-0.39, 0.29) is 18.9 Å². The molecule has 0 aromatic heterocycles. The second-order valence-corrected chi connectivity index (χ2v) is 5.67. The van der Waals surface area contributed by atoms with E-state index >= 15 is 0 Å². The van der Waals surface area contributed by atoms with Crippen LogP contribution in [-0.2, 0) is 22.6 Å². The largest absolute Gasteiger partial charge is 0.443 e. The molecule has 21 heavy (non-hydrogen) atoms. The molecule has 0 fully saturated rings. The minimum atomic E-state index is -0.686. The third-order valence-electron chi connectivity index (χ3n) is 2.66. The standard InChI is InChI=1S/C15H22N2O4/c1-15(2,3)21-14(20)16-17(4)13(19)9-11-7-5-6-8-12(11)10-18/h5-8,18H,9-10H2,1-4H3,(H,16,20). The van der Waals surface area contributed by atoms with Crippen LogP contribution < -0.4 is 5.43 Å². The molecule has 1 aromatic carbocycles. The van der Waals surface area contributed by atoms with Crippen LogP contribution in [0.4, 0.5) is 4.79 Å². The molecule has 0 aliphatic rings. The van der Waals surface area contributed by atoms with Crippen LogP contribution >= 0.6 is 0 Å². The molecule has 0 aliphatic heterocycles. The van der Waals surface area contributed by atoms with Crippen molar-refractivity contribution in [2.45, 2.75) is 39.4 Å². The van der Waals surface area contributed by atoms with Gasteiger partial charge in [0.25, 0.3) is 0 Å². The Morgan fingerprint density at radius 1 is 1.24 bits per heavy atom. The van der Waals surface area contributed by atoms with Gasteiger partial charge in [0.1, 0.15) is 5.60 Å². The molecule has 0 unspecified atom stereocenters. The Balaban J connectivity index is 2.61. The Labute approximate surface area is 124 Å². The van der Waals surface area contributed by atoms with Gasteiger partial charge in [0.2, 0.25) is 5.91 Å². The molecular weight excluding hydrogens is 272 g/mol. The number of amides is 2. The van der Waals surface area contributed by atoms with Crippen molar-refractivity contribution in [3.8, 4) is 0 Å². The van der Waals surface area contributed by atoms with Crippen molar-refractivity contribution in [3.63, 3.8) is 0 Å². The molecule has 116 valence electrons. The predicted octanol–water partition coefficient (Wildman–Crippen LogP) is 1.62. The van der Waals surface area contributed by atoms with Crippen molar-refractivity contribution in [3.05, 3.63) is 35.4 Å². The van der Waals surface area contributed by atoms with Crippen LogP contribution in [0.25, 0.3) is 0 Å². The van der Waals surface area contributed by atoms with Gasteiger partial charge in [-0.1, -0.05) is 24.3 Å². The molecule has 0 heterocycles. The van der Waals surface area contributed by atoms with E-state index in [4.69, 9.17) is 4.74 Å². The van der Waals surface area contributed by atoms with Crippen LogP contribution in [-0.4, -0.2) is 34.8 Å². The molecule has 0 bridgehead atoms. The summed E-state index contributed by atoms with van der Waals surface area (Å²) in [5.74, 6) is -0.304. The van der Waals surface area contributed by atoms with Crippen LogP contribution in [0.15, 0.2) is 24.3 Å². The first-order chi connectivity index (χ1) is 9.73. The van der Waals surface area contributed by atoms with Gasteiger partial charge in [0.15, 0.2) is 0 Å². The highest BCUT2D eigenvalue weighted by Gasteiger charge is 2.19. The van der Waals surface area contributed by atoms with E-state index in [1.807, 2.05) is 0 Å². The van der Waals surface area contributed by atoms with Crippen LogP contribution in [0, 0.1) is 0 Å². The predicted molar refractivity (Wildman–Crippen MR) is 78.2 cm³/mol. The monoisotopic (exact) mass is 294 g/mol. The molecular formula is C15H22N2O4. The van der Waals surface area contributed by atoms with E-state index < -0.39 is 11.7 Å². The Hall–Kier alpha value is -2.08. The van der Waals surface area contributed by atoms with Crippen molar-refractivity contribution in [1.29, 1.82) is 0 Å². The number of carbonyl (C=O) groups excluding carboxylic acids is 2. The topological polar surface area (TPSA) is 78.9 Å². The second-order valence-electron chi connectivity index (χ2n) is 5.67. The number of rotatable bonds is 3. The number of nitrogens with zero attached hydrogens (tertiary/aromatic N) is 1. The summed E-state index contributed by atoms with van der Waals surface area (Å²) >= 11 is 0. The highest BCUT2D eigenvalue weighted by atomic mass is 16.6. The Morgan fingerprint density at radius 2 is 1.81 bits per heavy atom. The number of aliphatic hydroxyl groups excluding tert-OH is 1. The molecule has 2 amide bonds. The first-order valence-corrected chi connectivity index (χ1v) is 6.67. The molecule has 0 aliphatic carbocycles. The zero-order chi connectivity index (χ0) is 16.0. The molecule has 2 N–H and O–H groups in total. The fourth-order valence-electron chi connectivity index (χ4n) is 1.67. The summed E-state index contributed by atoms with van der Waals surface area (Å²) in [6.07, 6.45) is -0.600. The maximum Gasteiger partial charge on any atom is 0.426 e. The molecule has 0 atom stereocenters. The smallest absolute Gasteiger partial charge is 0.426 e. The average Bonchev–Trinajstić information content (AvgIpc) is 2.36. The zero-order valence-corrected chi connectivity index (χ0v) is 12.8. The van der Waals surface area contributed by atoms with Crippen molar-refractivity contribution in [2.75, 3.05) is 7.05 Å². The average molecular weight is 294 g/mol. The van der Waals surface area contributed by atoms with E-state index in [1.165, 1.54) is 7.05 Å². The molecule has 0 saturated carbocycles. The van der Waals surface area contributed by atoms with Crippen LogP contribution in [0.1, 0.15) is 31.9 Å². The fraction of sp³-hybridized carbons (Fsp3) is 0.467. The van der Waals surface area contributed by atoms with Crippen LogP contribution in [0.5, 0.6) is 0 Å². The molecule has 0 radical (unpaired) electrons. The third-order valence-corrected chi connectivity index (χ3v) is 2.66. The number of carbonyl (C=O) groups is 2. The minimum Gasteiger partial charge on any atom is -0.443 e. The summed E-state index contributed by atoms with van der Waals surface area (Å²) in [4.78, 5) is 23.6. The lowest BCUT2D eigenvalue weighted by molar-refractivity contribution is -0.131. The van der Waals surface area contributed by atoms with Crippen LogP contribution in [0.2, 0.25) is 0 Å².